The number of hydrogen-bond donors (Lipinski definition) is 2. The molecule has 20 heavy (non-hydrogen) atoms. The maximum Gasteiger partial charge on any atom is 0.239 e. The second-order valence-corrected chi connectivity index (χ2v) is 6.42. The summed E-state index contributed by atoms with van der Waals surface area (Å²) in [7, 11) is 0. The van der Waals surface area contributed by atoms with Gasteiger partial charge >= 0.3 is 0 Å². The summed E-state index contributed by atoms with van der Waals surface area (Å²) in [6.45, 7) is 2.82. The van der Waals surface area contributed by atoms with Gasteiger partial charge in [0.15, 0.2) is 0 Å². The molecule has 1 unspecified atom stereocenters. The molecule has 2 rings (SSSR count). The van der Waals surface area contributed by atoms with Crippen LogP contribution in [0.1, 0.15) is 64.2 Å². The van der Waals surface area contributed by atoms with E-state index in [1.807, 2.05) is 4.90 Å². The molecule has 4 heteroatoms. The Bertz CT molecular complexity index is 283. The lowest BCUT2D eigenvalue weighted by molar-refractivity contribution is -0.133. The predicted molar refractivity (Wildman–Crippen MR) is 82.5 cm³/mol. The fourth-order valence-corrected chi connectivity index (χ4v) is 3.41. The number of piperidine rings is 1. The van der Waals surface area contributed by atoms with Crippen LogP contribution in [0.25, 0.3) is 0 Å². The number of hydrogen-bond acceptors (Lipinski definition) is 3. The molecule has 116 valence electrons. The minimum atomic E-state index is -0.291. The van der Waals surface area contributed by atoms with Crippen LogP contribution in [-0.4, -0.2) is 42.5 Å². The van der Waals surface area contributed by atoms with Crippen LogP contribution in [0, 0.1) is 0 Å². The van der Waals surface area contributed by atoms with Crippen molar-refractivity contribution >= 4 is 5.91 Å². The minimum Gasteiger partial charge on any atom is -0.341 e. The lowest BCUT2D eigenvalue weighted by Gasteiger charge is -2.29. The Morgan fingerprint density at radius 3 is 2.45 bits per heavy atom. The number of nitrogens with one attached hydrogen (secondary N) is 1. The molecule has 0 bridgehead atoms. The number of rotatable bonds is 6. The van der Waals surface area contributed by atoms with Crippen LogP contribution in [0.15, 0.2) is 0 Å². The molecular formula is C16H31N3O. The highest BCUT2D eigenvalue weighted by molar-refractivity contribution is 5.81. The molecule has 0 aromatic rings. The summed E-state index contributed by atoms with van der Waals surface area (Å²) in [6, 6.07) is 0.416. The van der Waals surface area contributed by atoms with Crippen molar-refractivity contribution in [1.29, 1.82) is 0 Å². The maximum atomic E-state index is 12.2. The van der Waals surface area contributed by atoms with E-state index in [1.54, 1.807) is 0 Å². The molecule has 3 N–H and O–H groups in total. The fourth-order valence-electron chi connectivity index (χ4n) is 3.41. The lowest BCUT2D eigenvalue weighted by Crippen LogP contribution is -2.46. The Balaban J connectivity index is 1.56. The fraction of sp³-hybridized carbons (Fsp3) is 0.938. The van der Waals surface area contributed by atoms with Gasteiger partial charge in [0.05, 0.1) is 6.04 Å². The van der Waals surface area contributed by atoms with Gasteiger partial charge in [-0.15, -0.1) is 0 Å². The first-order chi connectivity index (χ1) is 9.77. The SMILES string of the molecule is NC(CCCNC1CCCCC1)C(=O)N1CCCCC1. The largest absolute Gasteiger partial charge is 0.341 e. The highest BCUT2D eigenvalue weighted by Gasteiger charge is 2.22. The zero-order valence-corrected chi connectivity index (χ0v) is 12.8. The first-order valence-corrected chi connectivity index (χ1v) is 8.55. The van der Waals surface area contributed by atoms with Gasteiger partial charge in [-0.3, -0.25) is 4.79 Å². The number of carbonyl (C=O) groups is 1. The second-order valence-electron chi connectivity index (χ2n) is 6.42. The van der Waals surface area contributed by atoms with Gasteiger partial charge in [-0.05, 0) is 51.5 Å². The third-order valence-electron chi connectivity index (χ3n) is 4.72. The standard InChI is InChI=1S/C16H31N3O/c17-15(16(20)19-12-5-2-6-13-19)10-7-11-18-14-8-3-1-4-9-14/h14-15,18H,1-13,17H2. The van der Waals surface area contributed by atoms with E-state index in [1.165, 1.54) is 38.5 Å². The molecule has 1 aliphatic heterocycles. The number of amides is 1. The predicted octanol–water partition coefficient (Wildman–Crippen LogP) is 2.03. The number of carbonyl (C=O) groups excluding carboxylic acids is 1. The van der Waals surface area contributed by atoms with E-state index in [-0.39, 0.29) is 11.9 Å². The van der Waals surface area contributed by atoms with Crippen molar-refractivity contribution in [3.05, 3.63) is 0 Å². The molecule has 0 aromatic heterocycles. The first-order valence-electron chi connectivity index (χ1n) is 8.55. The van der Waals surface area contributed by atoms with Crippen LogP contribution in [0.5, 0.6) is 0 Å². The second kappa shape index (κ2) is 8.63. The lowest BCUT2D eigenvalue weighted by atomic mass is 9.95. The highest BCUT2D eigenvalue weighted by Crippen LogP contribution is 2.17. The molecule has 1 heterocycles. The van der Waals surface area contributed by atoms with E-state index in [4.69, 9.17) is 5.73 Å². The molecule has 0 aromatic carbocycles. The maximum absolute atomic E-state index is 12.2. The molecule has 1 aliphatic carbocycles. The Morgan fingerprint density at radius 2 is 1.75 bits per heavy atom. The van der Waals surface area contributed by atoms with Crippen molar-refractivity contribution in [2.24, 2.45) is 5.73 Å². The van der Waals surface area contributed by atoms with Crippen LogP contribution in [0.4, 0.5) is 0 Å². The first kappa shape index (κ1) is 15.8. The van der Waals surface area contributed by atoms with Gasteiger partial charge in [-0.25, -0.2) is 0 Å². The third-order valence-corrected chi connectivity index (χ3v) is 4.72. The van der Waals surface area contributed by atoms with Crippen molar-refractivity contribution in [3.8, 4) is 0 Å². The molecule has 1 saturated carbocycles. The Kier molecular flexibility index (Phi) is 6.80. The van der Waals surface area contributed by atoms with E-state index in [0.29, 0.717) is 6.04 Å². The summed E-state index contributed by atoms with van der Waals surface area (Å²) in [5, 5.41) is 3.61. The summed E-state index contributed by atoms with van der Waals surface area (Å²) < 4.78 is 0. The van der Waals surface area contributed by atoms with Crippen LogP contribution in [-0.2, 0) is 4.79 Å². The molecule has 1 saturated heterocycles. The zero-order chi connectivity index (χ0) is 14.2. The average Bonchev–Trinajstić information content (AvgIpc) is 2.52. The van der Waals surface area contributed by atoms with Crippen LogP contribution in [0.3, 0.4) is 0 Å². The van der Waals surface area contributed by atoms with Crippen molar-refractivity contribution in [2.75, 3.05) is 19.6 Å². The Labute approximate surface area is 123 Å². The summed E-state index contributed by atoms with van der Waals surface area (Å²) in [5.74, 6) is 0.169. The monoisotopic (exact) mass is 281 g/mol. The number of likely N-dealkylation sites (tertiary alicyclic amines) is 1. The highest BCUT2D eigenvalue weighted by atomic mass is 16.2. The van der Waals surface area contributed by atoms with Gasteiger partial charge in [-0.1, -0.05) is 19.3 Å². The van der Waals surface area contributed by atoms with E-state index in [9.17, 15) is 4.79 Å². The summed E-state index contributed by atoms with van der Waals surface area (Å²) in [6.07, 6.45) is 12.1. The van der Waals surface area contributed by atoms with Crippen molar-refractivity contribution in [2.45, 2.75) is 76.3 Å². The van der Waals surface area contributed by atoms with Gasteiger partial charge in [0.1, 0.15) is 0 Å². The van der Waals surface area contributed by atoms with E-state index in [0.717, 1.165) is 45.3 Å². The molecule has 4 nitrogen and oxygen atoms in total. The molecule has 2 aliphatic rings. The number of nitrogens with two attached hydrogens (primary N) is 1. The zero-order valence-electron chi connectivity index (χ0n) is 12.8. The van der Waals surface area contributed by atoms with Crippen molar-refractivity contribution in [3.63, 3.8) is 0 Å². The van der Waals surface area contributed by atoms with Gasteiger partial charge in [0, 0.05) is 19.1 Å². The molecule has 2 fully saturated rings. The summed E-state index contributed by atoms with van der Waals surface area (Å²) >= 11 is 0. The molecule has 0 spiro atoms. The quantitative estimate of drug-likeness (QED) is 0.732. The third kappa shape index (κ3) is 5.06. The van der Waals surface area contributed by atoms with Gasteiger partial charge in [-0.2, -0.15) is 0 Å². The average molecular weight is 281 g/mol. The van der Waals surface area contributed by atoms with Gasteiger partial charge < -0.3 is 16.0 Å². The molecule has 1 atom stereocenters. The van der Waals surface area contributed by atoms with Crippen LogP contribution < -0.4 is 11.1 Å². The Hall–Kier alpha value is -0.610. The molecule has 0 radical (unpaired) electrons. The smallest absolute Gasteiger partial charge is 0.239 e. The van der Waals surface area contributed by atoms with E-state index < -0.39 is 0 Å². The van der Waals surface area contributed by atoms with Gasteiger partial charge in [0.2, 0.25) is 5.91 Å². The summed E-state index contributed by atoms with van der Waals surface area (Å²) in [5.41, 5.74) is 6.05. The van der Waals surface area contributed by atoms with Crippen LogP contribution in [0.2, 0.25) is 0 Å². The molecule has 1 amide bonds. The summed E-state index contributed by atoms with van der Waals surface area (Å²) in [4.78, 5) is 14.1. The number of nitrogens with zero attached hydrogens (tertiary/aromatic N) is 1. The van der Waals surface area contributed by atoms with Crippen molar-refractivity contribution in [1.82, 2.24) is 10.2 Å². The van der Waals surface area contributed by atoms with Crippen molar-refractivity contribution < 1.29 is 4.79 Å². The van der Waals surface area contributed by atoms with E-state index >= 15 is 0 Å². The molecular weight excluding hydrogens is 250 g/mol. The normalized spacial score (nSPS) is 22.8. The minimum absolute atomic E-state index is 0.169. The van der Waals surface area contributed by atoms with Crippen LogP contribution >= 0.6 is 0 Å². The van der Waals surface area contributed by atoms with Gasteiger partial charge in [0.25, 0.3) is 0 Å². The Morgan fingerprint density at radius 1 is 1.10 bits per heavy atom. The topological polar surface area (TPSA) is 58.4 Å². The van der Waals surface area contributed by atoms with E-state index in [2.05, 4.69) is 5.32 Å².